The first-order valence-corrected chi connectivity index (χ1v) is 12.6. The highest BCUT2D eigenvalue weighted by atomic mass is 32.3. The highest BCUT2D eigenvalue weighted by molar-refractivity contribution is 7.79. The molecule has 0 aliphatic carbocycles. The van der Waals surface area contributed by atoms with Crippen LogP contribution in [0.5, 0.6) is 0 Å². The molecule has 0 heterocycles. The highest BCUT2D eigenvalue weighted by Gasteiger charge is 2.29. The first kappa shape index (κ1) is 28.1. The monoisotopic (exact) mass is 429 g/mol. The molecule has 0 atom stereocenters. The fraction of sp³-hybridized carbons (Fsp3) is 0.739. The summed E-state index contributed by atoms with van der Waals surface area (Å²) in [6, 6.07) is 6.95. The van der Waals surface area contributed by atoms with Crippen LogP contribution in [0.15, 0.2) is 18.2 Å². The standard InChI is InChI=1S/C23H41N.H2O4S/c1-5-9-14-20-15-13-17-22(21(20)16-10-6-2)23(24,18-11-7-3)19-12-8-4;1-5(2,3)4/h13,15,17H,5-12,14,16,18-19,24H2,1-4H3;(H2,1,2,3,4). The molecule has 0 saturated carbocycles. The highest BCUT2D eigenvalue weighted by Crippen LogP contribution is 2.35. The number of benzene rings is 1. The summed E-state index contributed by atoms with van der Waals surface area (Å²) in [4.78, 5) is 0. The first-order valence-electron chi connectivity index (χ1n) is 11.2. The Morgan fingerprint density at radius 1 is 0.828 bits per heavy atom. The smallest absolute Gasteiger partial charge is 0.321 e. The molecule has 5 nitrogen and oxygen atoms in total. The van der Waals surface area contributed by atoms with E-state index in [-0.39, 0.29) is 5.54 Å². The van der Waals surface area contributed by atoms with Crippen molar-refractivity contribution in [3.05, 3.63) is 34.9 Å². The van der Waals surface area contributed by atoms with Crippen LogP contribution in [-0.4, -0.2) is 17.5 Å². The molecule has 0 aliphatic heterocycles. The van der Waals surface area contributed by atoms with Crippen LogP contribution >= 0.6 is 0 Å². The Morgan fingerprint density at radius 2 is 1.28 bits per heavy atom. The number of hydrogen-bond donors (Lipinski definition) is 3. The third-order valence-electron chi connectivity index (χ3n) is 5.34. The fourth-order valence-corrected chi connectivity index (χ4v) is 3.73. The van der Waals surface area contributed by atoms with Crippen LogP contribution < -0.4 is 5.73 Å². The van der Waals surface area contributed by atoms with Gasteiger partial charge < -0.3 is 5.73 Å². The van der Waals surface area contributed by atoms with Gasteiger partial charge in [-0.2, -0.15) is 8.42 Å². The van der Waals surface area contributed by atoms with Crippen LogP contribution in [0.4, 0.5) is 0 Å². The van der Waals surface area contributed by atoms with Crippen molar-refractivity contribution >= 4 is 10.4 Å². The molecule has 1 aromatic rings. The van der Waals surface area contributed by atoms with E-state index in [1.165, 1.54) is 69.8 Å². The molecule has 6 heteroatoms. The van der Waals surface area contributed by atoms with E-state index in [9.17, 15) is 0 Å². The van der Waals surface area contributed by atoms with Crippen molar-refractivity contribution in [1.29, 1.82) is 0 Å². The summed E-state index contributed by atoms with van der Waals surface area (Å²) < 4.78 is 31.6. The minimum Gasteiger partial charge on any atom is -0.321 e. The largest absolute Gasteiger partial charge is 0.394 e. The Labute approximate surface area is 179 Å². The number of nitrogens with two attached hydrogens (primary N) is 1. The van der Waals surface area contributed by atoms with Crippen LogP contribution in [-0.2, 0) is 28.8 Å². The van der Waals surface area contributed by atoms with Gasteiger partial charge in [0, 0.05) is 5.54 Å². The van der Waals surface area contributed by atoms with Crippen LogP contribution in [0.1, 0.15) is 109 Å². The fourth-order valence-electron chi connectivity index (χ4n) is 3.73. The quantitative estimate of drug-likeness (QED) is 0.322. The summed E-state index contributed by atoms with van der Waals surface area (Å²) in [7, 11) is -4.67. The van der Waals surface area contributed by atoms with Gasteiger partial charge in [-0.15, -0.1) is 0 Å². The Bertz CT molecular complexity index is 643. The van der Waals surface area contributed by atoms with Gasteiger partial charge in [-0.25, -0.2) is 0 Å². The van der Waals surface area contributed by atoms with E-state index in [4.69, 9.17) is 23.3 Å². The van der Waals surface area contributed by atoms with Crippen molar-refractivity contribution in [2.45, 2.75) is 110 Å². The van der Waals surface area contributed by atoms with E-state index in [2.05, 4.69) is 45.9 Å². The van der Waals surface area contributed by atoms with E-state index in [0.29, 0.717) is 0 Å². The van der Waals surface area contributed by atoms with Gasteiger partial charge >= 0.3 is 10.4 Å². The molecule has 0 aliphatic rings. The molecular formula is C23H43NO4S. The lowest BCUT2D eigenvalue weighted by Gasteiger charge is -2.33. The van der Waals surface area contributed by atoms with Crippen molar-refractivity contribution in [3.63, 3.8) is 0 Å². The second kappa shape index (κ2) is 14.9. The van der Waals surface area contributed by atoms with Gasteiger partial charge in [0.2, 0.25) is 0 Å². The molecule has 0 saturated heterocycles. The zero-order valence-electron chi connectivity index (χ0n) is 18.9. The lowest BCUT2D eigenvalue weighted by Crippen LogP contribution is -2.38. The van der Waals surface area contributed by atoms with Crippen LogP contribution in [0.2, 0.25) is 0 Å². The van der Waals surface area contributed by atoms with E-state index in [0.717, 1.165) is 12.8 Å². The molecule has 170 valence electrons. The zero-order valence-corrected chi connectivity index (χ0v) is 19.7. The minimum absolute atomic E-state index is 0.128. The van der Waals surface area contributed by atoms with Crippen LogP contribution in [0.3, 0.4) is 0 Å². The maximum absolute atomic E-state index is 8.74. The molecule has 0 spiro atoms. The number of aryl methyl sites for hydroxylation is 1. The molecular weight excluding hydrogens is 386 g/mol. The van der Waals surface area contributed by atoms with Gasteiger partial charge in [-0.3, -0.25) is 9.11 Å². The molecule has 4 N–H and O–H groups in total. The molecule has 0 bridgehead atoms. The van der Waals surface area contributed by atoms with Crippen molar-refractivity contribution in [2.24, 2.45) is 5.73 Å². The maximum atomic E-state index is 8.74. The topological polar surface area (TPSA) is 101 Å². The van der Waals surface area contributed by atoms with Crippen molar-refractivity contribution in [1.82, 2.24) is 0 Å². The molecule has 0 aromatic heterocycles. The lowest BCUT2D eigenvalue weighted by atomic mass is 9.77. The number of rotatable bonds is 13. The van der Waals surface area contributed by atoms with Gasteiger partial charge in [-0.05, 0) is 55.2 Å². The normalized spacial score (nSPS) is 11.8. The molecule has 1 rings (SSSR count). The number of hydrogen-bond acceptors (Lipinski definition) is 3. The Balaban J connectivity index is 0.00000139. The minimum atomic E-state index is -4.67. The van der Waals surface area contributed by atoms with Crippen molar-refractivity contribution in [2.75, 3.05) is 0 Å². The summed E-state index contributed by atoms with van der Waals surface area (Å²) >= 11 is 0. The lowest BCUT2D eigenvalue weighted by molar-refractivity contribution is 0.350. The van der Waals surface area contributed by atoms with Gasteiger partial charge in [0.05, 0.1) is 0 Å². The third kappa shape index (κ3) is 12.4. The summed E-state index contributed by atoms with van der Waals surface area (Å²) in [6.45, 7) is 9.12. The molecule has 0 amide bonds. The molecule has 0 radical (unpaired) electrons. The van der Waals surface area contributed by atoms with E-state index >= 15 is 0 Å². The summed E-state index contributed by atoms with van der Waals surface area (Å²) in [5, 5.41) is 0. The third-order valence-corrected chi connectivity index (χ3v) is 5.34. The van der Waals surface area contributed by atoms with Crippen molar-refractivity contribution in [3.8, 4) is 0 Å². The van der Waals surface area contributed by atoms with Crippen molar-refractivity contribution < 1.29 is 17.5 Å². The predicted octanol–water partition coefficient (Wildman–Crippen LogP) is 6.25. The van der Waals surface area contributed by atoms with E-state index in [1.54, 1.807) is 11.1 Å². The van der Waals surface area contributed by atoms with E-state index in [1.807, 2.05) is 0 Å². The van der Waals surface area contributed by atoms with Gasteiger partial charge in [0.15, 0.2) is 0 Å². The Morgan fingerprint density at radius 3 is 1.72 bits per heavy atom. The zero-order chi connectivity index (χ0) is 22.3. The van der Waals surface area contributed by atoms with Gasteiger partial charge in [0.1, 0.15) is 0 Å². The van der Waals surface area contributed by atoms with E-state index < -0.39 is 10.4 Å². The second-order valence-electron chi connectivity index (χ2n) is 7.96. The molecule has 0 unspecified atom stereocenters. The predicted molar refractivity (Wildman–Crippen MR) is 123 cm³/mol. The summed E-state index contributed by atoms with van der Waals surface area (Å²) in [6.07, 6.45) is 14.6. The molecule has 0 fully saturated rings. The maximum Gasteiger partial charge on any atom is 0.394 e. The SMILES string of the molecule is CCCCc1cccc(C(N)(CCCC)CCCC)c1CCCC.O=S(=O)(O)O. The summed E-state index contributed by atoms with van der Waals surface area (Å²) in [5.74, 6) is 0. The Hall–Kier alpha value is -0.950. The van der Waals surface area contributed by atoms with Gasteiger partial charge in [0.25, 0.3) is 0 Å². The number of unbranched alkanes of at least 4 members (excludes halogenated alkanes) is 4. The van der Waals surface area contributed by atoms with Gasteiger partial charge in [-0.1, -0.05) is 84.4 Å². The average Bonchev–Trinajstić information content (AvgIpc) is 2.66. The second-order valence-corrected chi connectivity index (χ2v) is 8.86. The van der Waals surface area contributed by atoms with Crippen LogP contribution in [0.25, 0.3) is 0 Å². The Kier molecular flexibility index (Phi) is 14.5. The average molecular weight is 430 g/mol. The summed E-state index contributed by atoms with van der Waals surface area (Å²) in [5.41, 5.74) is 11.5. The molecule has 29 heavy (non-hydrogen) atoms. The molecule has 1 aromatic carbocycles. The first-order chi connectivity index (χ1) is 13.6. The van der Waals surface area contributed by atoms with Crippen LogP contribution in [0, 0.1) is 0 Å².